The highest BCUT2D eigenvalue weighted by atomic mass is 14.7. The third-order valence-corrected chi connectivity index (χ3v) is 4.52. The van der Waals surface area contributed by atoms with Crippen LogP contribution in [0.2, 0.25) is 0 Å². The number of aryl methyl sites for hydroxylation is 1. The lowest BCUT2D eigenvalue weighted by Gasteiger charge is -2.22. The molecule has 0 saturated heterocycles. The third-order valence-electron chi connectivity index (χ3n) is 4.52. The molecular weight excluding hydrogens is 242 g/mol. The van der Waals surface area contributed by atoms with E-state index in [4.69, 9.17) is 0 Å². The molecule has 2 aromatic rings. The molecule has 0 bridgehead atoms. The Morgan fingerprint density at radius 3 is 2.45 bits per heavy atom. The summed E-state index contributed by atoms with van der Waals surface area (Å²) in [6, 6.07) is 13.4. The maximum Gasteiger partial charge on any atom is 0.0704 e. The van der Waals surface area contributed by atoms with Crippen molar-refractivity contribution in [1.29, 1.82) is 0 Å². The predicted octanol–water partition coefficient (Wildman–Crippen LogP) is 5.36. The van der Waals surface area contributed by atoms with Crippen LogP contribution in [0.1, 0.15) is 56.1 Å². The number of hydrogen-bond donors (Lipinski definition) is 0. The summed E-state index contributed by atoms with van der Waals surface area (Å²) in [7, 11) is 0. The van der Waals surface area contributed by atoms with Crippen LogP contribution < -0.4 is 0 Å². The Hall–Kier alpha value is -1.63. The van der Waals surface area contributed by atoms with Gasteiger partial charge >= 0.3 is 0 Å². The van der Waals surface area contributed by atoms with Crippen LogP contribution >= 0.6 is 0 Å². The molecule has 0 N–H and O–H groups in total. The van der Waals surface area contributed by atoms with Crippen LogP contribution in [0.4, 0.5) is 0 Å². The van der Waals surface area contributed by atoms with Gasteiger partial charge in [0.05, 0.1) is 5.69 Å². The van der Waals surface area contributed by atoms with E-state index < -0.39 is 0 Å². The molecule has 104 valence electrons. The van der Waals surface area contributed by atoms with Crippen molar-refractivity contribution in [2.45, 2.75) is 51.4 Å². The SMILES string of the molecule is CCc1ccnc(-c2ccc(C3CCCCC3)cc2)c1. The Kier molecular flexibility index (Phi) is 4.15. The molecule has 1 aliphatic rings. The molecule has 1 aliphatic carbocycles. The van der Waals surface area contributed by atoms with Gasteiger partial charge in [0.15, 0.2) is 0 Å². The highest BCUT2D eigenvalue weighted by Gasteiger charge is 2.15. The molecule has 0 amide bonds. The number of benzene rings is 1. The second-order valence-electron chi connectivity index (χ2n) is 5.86. The van der Waals surface area contributed by atoms with E-state index in [-0.39, 0.29) is 0 Å². The summed E-state index contributed by atoms with van der Waals surface area (Å²) in [5, 5.41) is 0. The average molecular weight is 265 g/mol. The second-order valence-corrected chi connectivity index (χ2v) is 5.86. The monoisotopic (exact) mass is 265 g/mol. The molecule has 1 heterocycles. The number of nitrogens with zero attached hydrogens (tertiary/aromatic N) is 1. The van der Waals surface area contributed by atoms with Gasteiger partial charge in [0.2, 0.25) is 0 Å². The molecule has 1 saturated carbocycles. The molecule has 1 aromatic carbocycles. The van der Waals surface area contributed by atoms with Gasteiger partial charge in [-0.1, -0.05) is 50.5 Å². The molecule has 0 spiro atoms. The Balaban J connectivity index is 1.81. The molecule has 1 aromatic heterocycles. The van der Waals surface area contributed by atoms with Gasteiger partial charge in [-0.15, -0.1) is 0 Å². The summed E-state index contributed by atoms with van der Waals surface area (Å²) in [6.45, 7) is 2.19. The first kappa shape index (κ1) is 13.4. The minimum Gasteiger partial charge on any atom is -0.256 e. The zero-order valence-corrected chi connectivity index (χ0v) is 12.3. The molecule has 1 nitrogen and oxygen atoms in total. The summed E-state index contributed by atoms with van der Waals surface area (Å²) < 4.78 is 0. The molecule has 0 atom stereocenters. The van der Waals surface area contributed by atoms with Gasteiger partial charge in [0.1, 0.15) is 0 Å². The molecule has 0 aliphatic heterocycles. The largest absolute Gasteiger partial charge is 0.256 e. The smallest absolute Gasteiger partial charge is 0.0704 e. The maximum atomic E-state index is 4.50. The zero-order valence-electron chi connectivity index (χ0n) is 12.3. The Labute approximate surface area is 122 Å². The molecule has 3 rings (SSSR count). The van der Waals surface area contributed by atoms with E-state index in [0.29, 0.717) is 0 Å². The van der Waals surface area contributed by atoms with Crippen molar-refractivity contribution in [1.82, 2.24) is 4.98 Å². The van der Waals surface area contributed by atoms with Crippen molar-refractivity contribution in [3.8, 4) is 11.3 Å². The van der Waals surface area contributed by atoms with E-state index in [1.165, 1.54) is 48.8 Å². The fourth-order valence-corrected chi connectivity index (χ4v) is 3.21. The third kappa shape index (κ3) is 2.92. The maximum absolute atomic E-state index is 4.50. The van der Waals surface area contributed by atoms with Gasteiger partial charge in [-0.3, -0.25) is 4.98 Å². The van der Waals surface area contributed by atoms with E-state index in [9.17, 15) is 0 Å². The Morgan fingerprint density at radius 2 is 1.75 bits per heavy atom. The number of rotatable bonds is 3. The first-order chi connectivity index (χ1) is 9.86. The van der Waals surface area contributed by atoms with Crippen molar-refractivity contribution in [2.75, 3.05) is 0 Å². The van der Waals surface area contributed by atoms with Crippen LogP contribution in [0.3, 0.4) is 0 Å². The topological polar surface area (TPSA) is 12.9 Å². The average Bonchev–Trinajstić information content (AvgIpc) is 2.56. The van der Waals surface area contributed by atoms with Gasteiger partial charge < -0.3 is 0 Å². The lowest BCUT2D eigenvalue weighted by molar-refractivity contribution is 0.443. The van der Waals surface area contributed by atoms with Gasteiger partial charge in [-0.05, 0) is 48.4 Å². The van der Waals surface area contributed by atoms with Crippen molar-refractivity contribution >= 4 is 0 Å². The van der Waals surface area contributed by atoms with Gasteiger partial charge in [-0.2, -0.15) is 0 Å². The van der Waals surface area contributed by atoms with Gasteiger partial charge in [-0.25, -0.2) is 0 Å². The zero-order chi connectivity index (χ0) is 13.8. The Bertz CT molecular complexity index is 550. The van der Waals surface area contributed by atoms with E-state index in [2.05, 4.69) is 48.3 Å². The summed E-state index contributed by atoms with van der Waals surface area (Å²) in [6.07, 6.45) is 9.92. The molecule has 1 fully saturated rings. The molecule has 0 unspecified atom stereocenters. The predicted molar refractivity (Wildman–Crippen MR) is 84.9 cm³/mol. The standard InChI is InChI=1S/C19H23N/c1-2-15-12-13-20-19(14-15)18-10-8-17(9-11-18)16-6-4-3-5-7-16/h8-14,16H,2-7H2,1H3. The second kappa shape index (κ2) is 6.21. The summed E-state index contributed by atoms with van der Waals surface area (Å²) in [5.41, 5.74) is 5.20. The highest BCUT2D eigenvalue weighted by molar-refractivity contribution is 5.60. The molecular formula is C19H23N. The van der Waals surface area contributed by atoms with Gasteiger partial charge in [0, 0.05) is 11.8 Å². The first-order valence-electron chi connectivity index (χ1n) is 7.92. The summed E-state index contributed by atoms with van der Waals surface area (Å²) in [5.74, 6) is 0.785. The van der Waals surface area contributed by atoms with Crippen molar-refractivity contribution in [2.24, 2.45) is 0 Å². The van der Waals surface area contributed by atoms with Crippen LogP contribution in [0.25, 0.3) is 11.3 Å². The minimum absolute atomic E-state index is 0.785. The number of hydrogen-bond acceptors (Lipinski definition) is 1. The Morgan fingerprint density at radius 1 is 1.00 bits per heavy atom. The highest BCUT2D eigenvalue weighted by Crippen LogP contribution is 2.33. The van der Waals surface area contributed by atoms with Crippen LogP contribution in [-0.4, -0.2) is 4.98 Å². The normalized spacial score (nSPS) is 16.2. The first-order valence-corrected chi connectivity index (χ1v) is 7.92. The molecule has 20 heavy (non-hydrogen) atoms. The van der Waals surface area contributed by atoms with Crippen LogP contribution in [-0.2, 0) is 6.42 Å². The molecule has 0 radical (unpaired) electrons. The van der Waals surface area contributed by atoms with Crippen LogP contribution in [0.5, 0.6) is 0 Å². The van der Waals surface area contributed by atoms with Crippen molar-refractivity contribution < 1.29 is 0 Å². The van der Waals surface area contributed by atoms with Crippen molar-refractivity contribution in [3.05, 3.63) is 53.7 Å². The molecule has 1 heteroatoms. The van der Waals surface area contributed by atoms with E-state index in [1.807, 2.05) is 6.20 Å². The fourth-order valence-electron chi connectivity index (χ4n) is 3.21. The van der Waals surface area contributed by atoms with Crippen LogP contribution in [0, 0.1) is 0 Å². The summed E-state index contributed by atoms with van der Waals surface area (Å²) in [4.78, 5) is 4.50. The fraction of sp³-hybridized carbons (Fsp3) is 0.421. The lowest BCUT2D eigenvalue weighted by atomic mass is 9.84. The number of pyridine rings is 1. The van der Waals surface area contributed by atoms with E-state index >= 15 is 0 Å². The summed E-state index contributed by atoms with van der Waals surface area (Å²) >= 11 is 0. The van der Waals surface area contributed by atoms with Gasteiger partial charge in [0.25, 0.3) is 0 Å². The van der Waals surface area contributed by atoms with E-state index in [1.54, 1.807) is 0 Å². The number of aromatic nitrogens is 1. The minimum atomic E-state index is 0.785. The lowest BCUT2D eigenvalue weighted by Crippen LogP contribution is -2.04. The van der Waals surface area contributed by atoms with E-state index in [0.717, 1.165) is 18.0 Å². The quantitative estimate of drug-likeness (QED) is 0.728. The van der Waals surface area contributed by atoms with Crippen LogP contribution in [0.15, 0.2) is 42.6 Å². The van der Waals surface area contributed by atoms with Crippen molar-refractivity contribution in [3.63, 3.8) is 0 Å².